The van der Waals surface area contributed by atoms with E-state index in [2.05, 4.69) is 41.8 Å². The molecule has 19 heavy (non-hydrogen) atoms. The van der Waals surface area contributed by atoms with Crippen molar-refractivity contribution in [3.63, 3.8) is 0 Å². The molecular weight excluding hydrogens is 312 g/mol. The van der Waals surface area contributed by atoms with Crippen LogP contribution in [0.2, 0.25) is 0 Å². The van der Waals surface area contributed by atoms with E-state index in [-0.39, 0.29) is 6.04 Å². The van der Waals surface area contributed by atoms with Crippen LogP contribution < -0.4 is 16.6 Å². The molecular formula is C11H15BrN6O. The van der Waals surface area contributed by atoms with E-state index in [1.807, 2.05) is 20.8 Å². The number of anilines is 2. The Morgan fingerprint density at radius 2 is 2.16 bits per heavy atom. The van der Waals surface area contributed by atoms with Gasteiger partial charge in [-0.3, -0.25) is 5.43 Å². The van der Waals surface area contributed by atoms with E-state index in [1.54, 1.807) is 6.20 Å². The van der Waals surface area contributed by atoms with Crippen molar-refractivity contribution in [3.8, 4) is 0 Å². The number of nitrogens with one attached hydrogen (secondary N) is 2. The van der Waals surface area contributed by atoms with Crippen molar-refractivity contribution in [2.45, 2.75) is 26.8 Å². The monoisotopic (exact) mass is 326 g/mol. The topological polar surface area (TPSA) is 102 Å². The molecule has 2 rings (SSSR count). The second-order valence-corrected chi connectivity index (χ2v) is 4.99. The minimum atomic E-state index is 0.00285. The molecule has 1 unspecified atom stereocenters. The molecule has 0 bridgehead atoms. The maximum atomic E-state index is 5.30. The van der Waals surface area contributed by atoms with E-state index in [0.29, 0.717) is 11.8 Å². The van der Waals surface area contributed by atoms with Crippen LogP contribution in [-0.2, 0) is 0 Å². The lowest BCUT2D eigenvalue weighted by atomic mass is 10.1. The van der Waals surface area contributed by atoms with Gasteiger partial charge >= 0.3 is 0 Å². The predicted octanol–water partition coefficient (Wildman–Crippen LogP) is 2.30. The number of nitrogen functional groups attached to an aromatic ring is 1. The summed E-state index contributed by atoms with van der Waals surface area (Å²) in [5.41, 5.74) is 4.29. The Balaban J connectivity index is 2.26. The second kappa shape index (κ2) is 5.54. The maximum absolute atomic E-state index is 5.30. The summed E-state index contributed by atoms with van der Waals surface area (Å²) in [7, 11) is 0. The van der Waals surface area contributed by atoms with E-state index in [0.717, 1.165) is 21.5 Å². The number of aryl methyl sites for hydroxylation is 2. The summed E-state index contributed by atoms with van der Waals surface area (Å²) in [6, 6.07) is 0.00285. The zero-order valence-corrected chi connectivity index (χ0v) is 12.4. The van der Waals surface area contributed by atoms with Crippen LogP contribution in [0.4, 0.5) is 11.8 Å². The maximum Gasteiger partial charge on any atom is 0.239 e. The van der Waals surface area contributed by atoms with Gasteiger partial charge in [0.25, 0.3) is 0 Å². The number of rotatable bonds is 4. The van der Waals surface area contributed by atoms with E-state index in [9.17, 15) is 0 Å². The van der Waals surface area contributed by atoms with Crippen LogP contribution in [0.5, 0.6) is 0 Å². The van der Waals surface area contributed by atoms with Crippen molar-refractivity contribution in [2.75, 3.05) is 10.7 Å². The van der Waals surface area contributed by atoms with Gasteiger partial charge in [0.15, 0.2) is 0 Å². The van der Waals surface area contributed by atoms with Crippen molar-refractivity contribution >= 4 is 27.7 Å². The normalized spacial score (nSPS) is 12.3. The Bertz CT molecular complexity index is 565. The fourth-order valence-corrected chi connectivity index (χ4v) is 2.23. The summed E-state index contributed by atoms with van der Waals surface area (Å²) in [5.74, 6) is 7.08. The summed E-state index contributed by atoms with van der Waals surface area (Å²) in [6.45, 7) is 5.80. The molecule has 0 aliphatic rings. The van der Waals surface area contributed by atoms with Crippen molar-refractivity contribution in [1.29, 1.82) is 0 Å². The average Bonchev–Trinajstić information content (AvgIpc) is 2.71. The largest absolute Gasteiger partial charge is 0.362 e. The van der Waals surface area contributed by atoms with Gasteiger partial charge in [0.2, 0.25) is 5.95 Å². The molecule has 7 nitrogen and oxygen atoms in total. The number of hydrazine groups is 1. The molecule has 0 aromatic carbocycles. The molecule has 2 heterocycles. The second-order valence-electron chi connectivity index (χ2n) is 4.14. The van der Waals surface area contributed by atoms with Gasteiger partial charge in [-0.2, -0.15) is 4.98 Å². The summed E-state index contributed by atoms with van der Waals surface area (Å²) >= 11 is 3.39. The van der Waals surface area contributed by atoms with Crippen LogP contribution in [0, 0.1) is 13.8 Å². The predicted molar refractivity (Wildman–Crippen MR) is 75.6 cm³/mol. The Kier molecular flexibility index (Phi) is 4.01. The molecule has 0 aliphatic heterocycles. The minimum absolute atomic E-state index is 0.00285. The van der Waals surface area contributed by atoms with Crippen LogP contribution in [0.25, 0.3) is 0 Å². The van der Waals surface area contributed by atoms with E-state index >= 15 is 0 Å². The van der Waals surface area contributed by atoms with Crippen LogP contribution >= 0.6 is 15.9 Å². The molecule has 0 saturated heterocycles. The Morgan fingerprint density at radius 1 is 1.42 bits per heavy atom. The molecule has 8 heteroatoms. The minimum Gasteiger partial charge on any atom is -0.362 e. The molecule has 2 aromatic heterocycles. The number of halogens is 1. The van der Waals surface area contributed by atoms with Gasteiger partial charge in [0.05, 0.1) is 16.2 Å². The van der Waals surface area contributed by atoms with Gasteiger partial charge in [-0.25, -0.2) is 10.8 Å². The van der Waals surface area contributed by atoms with E-state index < -0.39 is 0 Å². The number of nitrogens with zero attached hydrogens (tertiary/aromatic N) is 3. The third-order valence-electron chi connectivity index (χ3n) is 2.75. The van der Waals surface area contributed by atoms with Crippen molar-refractivity contribution in [2.24, 2.45) is 5.84 Å². The number of aromatic nitrogens is 3. The van der Waals surface area contributed by atoms with E-state index in [1.165, 1.54) is 0 Å². The molecule has 4 N–H and O–H groups in total. The highest BCUT2D eigenvalue weighted by Crippen LogP contribution is 2.27. The highest BCUT2D eigenvalue weighted by Gasteiger charge is 2.17. The first-order chi connectivity index (χ1) is 9.02. The molecule has 0 spiro atoms. The third kappa shape index (κ3) is 2.85. The molecule has 0 radical (unpaired) electrons. The first-order valence-electron chi connectivity index (χ1n) is 5.71. The Morgan fingerprint density at radius 3 is 2.74 bits per heavy atom. The fraction of sp³-hybridized carbons (Fsp3) is 0.364. The quantitative estimate of drug-likeness (QED) is 0.585. The lowest BCUT2D eigenvalue weighted by Crippen LogP contribution is -2.14. The van der Waals surface area contributed by atoms with Gasteiger partial charge in [-0.15, -0.1) is 0 Å². The molecule has 0 aliphatic carbocycles. The average molecular weight is 327 g/mol. The highest BCUT2D eigenvalue weighted by atomic mass is 79.9. The van der Waals surface area contributed by atoms with Crippen LogP contribution in [0.3, 0.4) is 0 Å². The smallest absolute Gasteiger partial charge is 0.239 e. The molecule has 0 fully saturated rings. The van der Waals surface area contributed by atoms with Gasteiger partial charge in [0, 0.05) is 11.8 Å². The van der Waals surface area contributed by atoms with Gasteiger partial charge in [0.1, 0.15) is 11.6 Å². The zero-order valence-electron chi connectivity index (χ0n) is 10.9. The van der Waals surface area contributed by atoms with Gasteiger partial charge < -0.3 is 9.84 Å². The van der Waals surface area contributed by atoms with Crippen molar-refractivity contribution in [3.05, 3.63) is 27.7 Å². The summed E-state index contributed by atoms with van der Waals surface area (Å²) in [6.07, 6.45) is 1.63. The number of nitrogens with two attached hydrogens (primary N) is 1. The van der Waals surface area contributed by atoms with Crippen molar-refractivity contribution in [1.82, 2.24) is 15.1 Å². The third-order valence-corrected chi connectivity index (χ3v) is 3.33. The summed E-state index contributed by atoms with van der Waals surface area (Å²) in [4.78, 5) is 8.24. The molecule has 0 amide bonds. The van der Waals surface area contributed by atoms with Gasteiger partial charge in [-0.1, -0.05) is 5.16 Å². The number of hydrogen-bond acceptors (Lipinski definition) is 7. The van der Waals surface area contributed by atoms with Crippen molar-refractivity contribution < 1.29 is 4.52 Å². The molecule has 0 saturated carbocycles. The zero-order chi connectivity index (χ0) is 14.0. The molecule has 2 aromatic rings. The Hall–Kier alpha value is -1.67. The first-order valence-corrected chi connectivity index (χ1v) is 6.50. The first kappa shape index (κ1) is 13.8. The van der Waals surface area contributed by atoms with E-state index in [4.69, 9.17) is 10.4 Å². The lowest BCUT2D eigenvalue weighted by molar-refractivity contribution is 0.392. The summed E-state index contributed by atoms with van der Waals surface area (Å²) in [5, 5.41) is 7.22. The Labute approximate surface area is 119 Å². The standard InChI is InChI=1S/C11H15BrN6O/c1-5(9-6(2)18-19-7(9)3)15-10-8(12)4-14-11(16-10)17-13/h4-5H,13H2,1-3H3,(H2,14,15,16,17). The fourth-order valence-electron chi connectivity index (χ4n) is 1.92. The lowest BCUT2D eigenvalue weighted by Gasteiger charge is -2.15. The molecule has 1 atom stereocenters. The SMILES string of the molecule is Cc1noc(C)c1C(C)Nc1nc(NN)ncc1Br. The molecule has 102 valence electrons. The van der Waals surface area contributed by atoms with Gasteiger partial charge in [-0.05, 0) is 36.7 Å². The summed E-state index contributed by atoms with van der Waals surface area (Å²) < 4.78 is 5.92. The van der Waals surface area contributed by atoms with Crippen LogP contribution in [-0.4, -0.2) is 15.1 Å². The highest BCUT2D eigenvalue weighted by molar-refractivity contribution is 9.10. The van der Waals surface area contributed by atoms with Crippen LogP contribution in [0.15, 0.2) is 15.2 Å². The van der Waals surface area contributed by atoms with Crippen LogP contribution in [0.1, 0.15) is 30.0 Å². The number of hydrogen-bond donors (Lipinski definition) is 3.